The quantitative estimate of drug-likeness (QED) is 0.703. The van der Waals surface area contributed by atoms with Crippen LogP contribution in [0.4, 0.5) is 0 Å². The van der Waals surface area contributed by atoms with Crippen LogP contribution >= 0.6 is 23.1 Å². The van der Waals surface area contributed by atoms with Crippen LogP contribution in [0, 0.1) is 0 Å². The molecule has 0 spiro atoms. The Balaban J connectivity index is 1.99. The average molecular weight is 358 g/mol. The number of rotatable bonds is 7. The minimum absolute atomic E-state index is 0.0809. The normalized spacial score (nSPS) is 13.9. The van der Waals surface area contributed by atoms with Gasteiger partial charge in [0.2, 0.25) is 17.7 Å². The van der Waals surface area contributed by atoms with Gasteiger partial charge in [0.05, 0.1) is 18.5 Å². The van der Waals surface area contributed by atoms with Gasteiger partial charge in [0.25, 0.3) is 0 Å². The molecule has 0 aromatic carbocycles. The van der Waals surface area contributed by atoms with E-state index in [2.05, 4.69) is 11.0 Å². The smallest absolute Gasteiger partial charge is 0.246 e. The number of ether oxygens (including phenoxy) is 1. The summed E-state index contributed by atoms with van der Waals surface area (Å²) in [7, 11) is 1.49. The van der Waals surface area contributed by atoms with E-state index in [-0.39, 0.29) is 18.4 Å². The first kappa shape index (κ1) is 17.7. The Hall–Kier alpha value is -1.60. The van der Waals surface area contributed by atoms with Crippen molar-refractivity contribution in [3.8, 4) is 5.88 Å². The van der Waals surface area contributed by atoms with Gasteiger partial charge in [-0.25, -0.2) is 0 Å². The molecule has 0 radical (unpaired) electrons. The number of hydrogen-bond acceptors (Lipinski definition) is 5. The molecule has 1 aromatic heterocycles. The summed E-state index contributed by atoms with van der Waals surface area (Å²) in [6.07, 6.45) is 3.65. The molecular weight excluding hydrogens is 338 g/mol. The van der Waals surface area contributed by atoms with Crippen molar-refractivity contribution in [1.82, 2.24) is 14.2 Å². The molecule has 2 amide bonds. The SMILES string of the molecule is C=CC(=O)N(CCC(=O)N1CCCC1)Cc1snc(OC)c1Cl. The third-order valence-electron chi connectivity index (χ3n) is 3.74. The predicted molar refractivity (Wildman–Crippen MR) is 89.7 cm³/mol. The van der Waals surface area contributed by atoms with Crippen LogP contribution < -0.4 is 4.74 Å². The lowest BCUT2D eigenvalue weighted by Crippen LogP contribution is -2.35. The Morgan fingerprint density at radius 3 is 2.74 bits per heavy atom. The molecule has 0 atom stereocenters. The molecule has 1 aliphatic rings. The number of methoxy groups -OCH3 is 1. The lowest BCUT2D eigenvalue weighted by Gasteiger charge is -2.22. The van der Waals surface area contributed by atoms with Gasteiger partial charge in [-0.2, -0.15) is 4.37 Å². The van der Waals surface area contributed by atoms with Gasteiger partial charge in [-0.05, 0) is 30.5 Å². The van der Waals surface area contributed by atoms with E-state index in [0.29, 0.717) is 23.9 Å². The first-order chi connectivity index (χ1) is 11.1. The van der Waals surface area contributed by atoms with E-state index in [4.69, 9.17) is 16.3 Å². The lowest BCUT2D eigenvalue weighted by molar-refractivity contribution is -0.132. The van der Waals surface area contributed by atoms with E-state index in [1.807, 2.05) is 4.90 Å². The second-order valence-corrected chi connectivity index (χ2v) is 6.47. The van der Waals surface area contributed by atoms with E-state index in [9.17, 15) is 9.59 Å². The summed E-state index contributed by atoms with van der Waals surface area (Å²) >= 11 is 7.35. The van der Waals surface area contributed by atoms with E-state index in [1.165, 1.54) is 24.7 Å². The maximum absolute atomic E-state index is 12.1. The predicted octanol–water partition coefficient (Wildman–Crippen LogP) is 2.33. The first-order valence-corrected chi connectivity index (χ1v) is 8.59. The fraction of sp³-hybridized carbons (Fsp3) is 0.533. The highest BCUT2D eigenvalue weighted by Crippen LogP contribution is 2.31. The fourth-order valence-corrected chi connectivity index (χ4v) is 3.52. The Bertz CT molecular complexity index is 585. The van der Waals surface area contributed by atoms with Crippen molar-refractivity contribution in [2.45, 2.75) is 25.8 Å². The highest BCUT2D eigenvalue weighted by Gasteiger charge is 2.21. The molecule has 0 saturated carbocycles. The van der Waals surface area contributed by atoms with Crippen molar-refractivity contribution in [1.29, 1.82) is 0 Å². The second kappa shape index (κ2) is 8.31. The molecule has 6 nitrogen and oxygen atoms in total. The number of hydrogen-bond donors (Lipinski definition) is 0. The average Bonchev–Trinajstić information content (AvgIpc) is 3.20. The number of aromatic nitrogens is 1. The van der Waals surface area contributed by atoms with Gasteiger partial charge < -0.3 is 14.5 Å². The Labute approximate surface area is 144 Å². The van der Waals surface area contributed by atoms with E-state index < -0.39 is 0 Å². The highest BCUT2D eigenvalue weighted by molar-refractivity contribution is 7.06. The Kier molecular flexibility index (Phi) is 6.41. The summed E-state index contributed by atoms with van der Waals surface area (Å²) < 4.78 is 9.12. The third kappa shape index (κ3) is 4.45. The molecule has 8 heteroatoms. The van der Waals surface area contributed by atoms with Gasteiger partial charge in [-0.3, -0.25) is 9.59 Å². The molecule has 0 unspecified atom stereocenters. The molecule has 1 aromatic rings. The molecule has 2 rings (SSSR count). The summed E-state index contributed by atoms with van der Waals surface area (Å²) in [5, 5.41) is 0.408. The van der Waals surface area contributed by atoms with Crippen LogP contribution in [-0.2, 0) is 16.1 Å². The lowest BCUT2D eigenvalue weighted by atomic mass is 10.3. The molecule has 0 N–H and O–H groups in total. The molecule has 1 aliphatic heterocycles. The zero-order chi connectivity index (χ0) is 16.8. The zero-order valence-electron chi connectivity index (χ0n) is 13.1. The summed E-state index contributed by atoms with van der Waals surface area (Å²) in [5.74, 6) is 0.200. The number of amides is 2. The van der Waals surface area contributed by atoms with Crippen molar-refractivity contribution >= 4 is 34.9 Å². The standard InChI is InChI=1S/C15H20ClN3O3S/c1-3-12(20)19(9-6-13(21)18-7-4-5-8-18)10-11-14(16)15(22-2)17-23-11/h3H,1,4-10H2,2H3. The van der Waals surface area contributed by atoms with Crippen LogP contribution in [-0.4, -0.2) is 52.7 Å². The van der Waals surface area contributed by atoms with Gasteiger partial charge in [-0.1, -0.05) is 18.2 Å². The maximum atomic E-state index is 12.1. The van der Waals surface area contributed by atoms with Crippen LogP contribution in [0.15, 0.2) is 12.7 Å². The number of nitrogens with zero attached hydrogens (tertiary/aromatic N) is 3. The van der Waals surface area contributed by atoms with Gasteiger partial charge in [0, 0.05) is 26.1 Å². The van der Waals surface area contributed by atoms with Gasteiger partial charge in [-0.15, -0.1) is 0 Å². The minimum Gasteiger partial charge on any atom is -0.479 e. The largest absolute Gasteiger partial charge is 0.479 e. The van der Waals surface area contributed by atoms with Crippen LogP contribution in [0.2, 0.25) is 5.02 Å². The maximum Gasteiger partial charge on any atom is 0.246 e. The third-order valence-corrected chi connectivity index (χ3v) is 5.05. The minimum atomic E-state index is -0.234. The molecule has 1 fully saturated rings. The topological polar surface area (TPSA) is 62.7 Å². The summed E-state index contributed by atoms with van der Waals surface area (Å²) in [6.45, 7) is 5.76. The molecule has 2 heterocycles. The van der Waals surface area contributed by atoms with E-state index in [1.54, 1.807) is 4.90 Å². The van der Waals surface area contributed by atoms with Crippen molar-refractivity contribution < 1.29 is 14.3 Å². The molecule has 0 bridgehead atoms. The summed E-state index contributed by atoms with van der Waals surface area (Å²) in [6, 6.07) is 0. The molecule has 1 saturated heterocycles. The summed E-state index contributed by atoms with van der Waals surface area (Å²) in [5.41, 5.74) is 0. The van der Waals surface area contributed by atoms with Crippen molar-refractivity contribution in [3.05, 3.63) is 22.6 Å². The van der Waals surface area contributed by atoms with Crippen LogP contribution in [0.5, 0.6) is 5.88 Å². The summed E-state index contributed by atoms with van der Waals surface area (Å²) in [4.78, 5) is 28.3. The monoisotopic (exact) mass is 357 g/mol. The highest BCUT2D eigenvalue weighted by atomic mass is 35.5. The Morgan fingerprint density at radius 1 is 1.48 bits per heavy atom. The van der Waals surface area contributed by atoms with E-state index >= 15 is 0 Å². The van der Waals surface area contributed by atoms with Crippen molar-refractivity contribution in [2.75, 3.05) is 26.7 Å². The van der Waals surface area contributed by atoms with Crippen LogP contribution in [0.3, 0.4) is 0 Å². The first-order valence-electron chi connectivity index (χ1n) is 7.44. The number of likely N-dealkylation sites (tertiary alicyclic amines) is 1. The van der Waals surface area contributed by atoms with E-state index in [0.717, 1.165) is 30.8 Å². The van der Waals surface area contributed by atoms with Gasteiger partial charge in [0.1, 0.15) is 5.02 Å². The molecular formula is C15H20ClN3O3S. The van der Waals surface area contributed by atoms with Crippen molar-refractivity contribution in [3.63, 3.8) is 0 Å². The molecule has 126 valence electrons. The number of halogens is 1. The molecule has 23 heavy (non-hydrogen) atoms. The zero-order valence-corrected chi connectivity index (χ0v) is 14.7. The van der Waals surface area contributed by atoms with Gasteiger partial charge in [0.15, 0.2) is 0 Å². The van der Waals surface area contributed by atoms with Crippen LogP contribution in [0.1, 0.15) is 24.1 Å². The molecule has 0 aliphatic carbocycles. The number of carbonyl (C=O) groups is 2. The fourth-order valence-electron chi connectivity index (χ4n) is 2.45. The number of carbonyl (C=O) groups excluding carboxylic acids is 2. The van der Waals surface area contributed by atoms with Crippen LogP contribution in [0.25, 0.3) is 0 Å². The van der Waals surface area contributed by atoms with Crippen molar-refractivity contribution in [2.24, 2.45) is 0 Å². The van der Waals surface area contributed by atoms with Gasteiger partial charge >= 0.3 is 0 Å². The second-order valence-electron chi connectivity index (χ2n) is 5.23. The Morgan fingerprint density at radius 2 is 2.17 bits per heavy atom.